The van der Waals surface area contributed by atoms with Gasteiger partial charge in [0, 0.05) is 5.92 Å². The first-order valence-electron chi connectivity index (χ1n) is 8.34. The molecule has 0 unspecified atom stereocenters. The molecule has 3 atom stereocenters. The van der Waals surface area contributed by atoms with Crippen LogP contribution in [0.25, 0.3) is 0 Å². The molecule has 2 aromatic rings. The summed E-state index contributed by atoms with van der Waals surface area (Å²) in [5.41, 5.74) is 0.652. The molecule has 28 heavy (non-hydrogen) atoms. The summed E-state index contributed by atoms with van der Waals surface area (Å²) in [6, 6.07) is 6.98. The number of benzene rings is 2. The van der Waals surface area contributed by atoms with Crippen LogP contribution in [0.1, 0.15) is 22.6 Å². The third kappa shape index (κ3) is 3.25. The largest absolute Gasteiger partial charge is 0.481 e. The fourth-order valence-electron chi connectivity index (χ4n) is 3.87. The number of carboxylic acids is 1. The van der Waals surface area contributed by atoms with Gasteiger partial charge in [-0.15, -0.1) is 0 Å². The van der Waals surface area contributed by atoms with Crippen molar-refractivity contribution in [2.45, 2.75) is 25.1 Å². The molecule has 0 heterocycles. The van der Waals surface area contributed by atoms with Crippen molar-refractivity contribution < 1.29 is 41.3 Å². The summed E-state index contributed by atoms with van der Waals surface area (Å²) in [7, 11) is 0. The van der Waals surface area contributed by atoms with Gasteiger partial charge in [-0.05, 0) is 53.8 Å². The maximum Gasteiger partial charge on any atom is 0.416 e. The molecule has 0 aromatic heterocycles. The highest BCUT2D eigenvalue weighted by Gasteiger charge is 2.59. The average Bonchev–Trinajstić information content (AvgIpc) is 3.18. The zero-order valence-electron chi connectivity index (χ0n) is 14.0. The minimum Gasteiger partial charge on any atom is -0.481 e. The molecule has 9 heteroatoms. The van der Waals surface area contributed by atoms with E-state index in [1.165, 1.54) is 6.07 Å². The first kappa shape index (κ1) is 18.5. The maximum atomic E-state index is 12.8. The normalized spacial score (nSPS) is 22.6. The molecule has 0 bridgehead atoms. The Morgan fingerprint density at radius 2 is 1.86 bits per heavy atom. The number of fused-ring (bicyclic) bond motifs is 3. The zero-order valence-corrected chi connectivity index (χ0v) is 14.0. The summed E-state index contributed by atoms with van der Waals surface area (Å²) in [6.45, 7) is -3.31. The number of hydrogen-bond acceptors (Lipinski definition) is 3. The van der Waals surface area contributed by atoms with Gasteiger partial charge in [0.1, 0.15) is 5.75 Å². The Balaban J connectivity index is 1.59. The minimum atomic E-state index is -4.71. The molecule has 1 saturated carbocycles. The van der Waals surface area contributed by atoms with Crippen LogP contribution in [0, 0.1) is 11.8 Å². The highest BCUT2D eigenvalue weighted by molar-refractivity contribution is 5.78. The fourth-order valence-corrected chi connectivity index (χ4v) is 3.87. The molecule has 4 nitrogen and oxygen atoms in total. The Morgan fingerprint density at radius 1 is 1.11 bits per heavy atom. The van der Waals surface area contributed by atoms with E-state index in [9.17, 15) is 26.7 Å². The van der Waals surface area contributed by atoms with E-state index in [1.807, 2.05) is 0 Å². The van der Waals surface area contributed by atoms with Crippen LogP contribution in [0.15, 0.2) is 36.4 Å². The molecule has 1 fully saturated rings. The second-order valence-corrected chi connectivity index (χ2v) is 6.76. The fraction of sp³-hybridized carbons (Fsp3) is 0.316. The van der Waals surface area contributed by atoms with Crippen LogP contribution in [0.4, 0.5) is 22.0 Å². The number of ether oxygens (including phenoxy) is 2. The van der Waals surface area contributed by atoms with Gasteiger partial charge in [-0.2, -0.15) is 22.0 Å². The van der Waals surface area contributed by atoms with Crippen molar-refractivity contribution in [2.75, 3.05) is 0 Å². The Bertz CT molecular complexity index is 940. The lowest BCUT2D eigenvalue weighted by atomic mass is 10.0. The summed E-state index contributed by atoms with van der Waals surface area (Å²) in [6.07, 6.45) is -4.16. The number of carbonyl (C=O) groups is 1. The third-order valence-electron chi connectivity index (χ3n) is 5.10. The standard InChI is InChI=1S/C19H13F5O4/c20-18(21)28-14-7-9(19(22,23)24)1-4-13(14)27-10-2-3-11-8(5-10)6-12-15(11)16(12)17(25)26/h1-5,7,12,15-16,18H,6H2,(H,25,26)/t12-,15+,16+/m1/s1. The van der Waals surface area contributed by atoms with E-state index < -0.39 is 30.1 Å². The third-order valence-corrected chi connectivity index (χ3v) is 5.10. The Morgan fingerprint density at radius 3 is 2.50 bits per heavy atom. The molecule has 0 saturated heterocycles. The summed E-state index contributed by atoms with van der Waals surface area (Å²) < 4.78 is 73.3. The number of halogens is 5. The molecule has 2 aliphatic carbocycles. The Kier molecular flexibility index (Phi) is 4.20. The second kappa shape index (κ2) is 6.35. The van der Waals surface area contributed by atoms with Gasteiger partial charge in [0.05, 0.1) is 11.5 Å². The molecule has 4 rings (SSSR count). The van der Waals surface area contributed by atoms with E-state index in [1.54, 1.807) is 12.1 Å². The summed E-state index contributed by atoms with van der Waals surface area (Å²) in [5.74, 6) is -1.98. The van der Waals surface area contributed by atoms with Gasteiger partial charge in [0.25, 0.3) is 0 Å². The van der Waals surface area contributed by atoms with E-state index in [0.717, 1.165) is 17.2 Å². The smallest absolute Gasteiger partial charge is 0.416 e. The van der Waals surface area contributed by atoms with Crippen LogP contribution in [0.2, 0.25) is 0 Å². The number of alkyl halides is 5. The lowest BCUT2D eigenvalue weighted by molar-refractivity contribution is -0.139. The van der Waals surface area contributed by atoms with Crippen LogP contribution in [0.3, 0.4) is 0 Å². The lowest BCUT2D eigenvalue weighted by Crippen LogP contribution is -2.08. The first-order valence-corrected chi connectivity index (χ1v) is 8.34. The van der Waals surface area contributed by atoms with E-state index in [0.29, 0.717) is 18.6 Å². The number of aliphatic carboxylic acids is 1. The van der Waals surface area contributed by atoms with Gasteiger partial charge >= 0.3 is 18.8 Å². The Hall–Kier alpha value is -2.84. The quantitative estimate of drug-likeness (QED) is 0.712. The van der Waals surface area contributed by atoms with Crippen LogP contribution in [-0.2, 0) is 17.4 Å². The average molecular weight is 400 g/mol. The van der Waals surface area contributed by atoms with Crippen LogP contribution < -0.4 is 9.47 Å². The van der Waals surface area contributed by atoms with Crippen molar-refractivity contribution in [2.24, 2.45) is 11.8 Å². The van der Waals surface area contributed by atoms with E-state index in [4.69, 9.17) is 9.84 Å². The van der Waals surface area contributed by atoms with Crippen molar-refractivity contribution in [3.05, 3.63) is 53.1 Å². The van der Waals surface area contributed by atoms with Gasteiger partial charge in [-0.25, -0.2) is 0 Å². The van der Waals surface area contributed by atoms with Crippen molar-refractivity contribution in [3.8, 4) is 17.2 Å². The van der Waals surface area contributed by atoms with E-state index in [2.05, 4.69) is 4.74 Å². The van der Waals surface area contributed by atoms with Crippen molar-refractivity contribution in [1.29, 1.82) is 0 Å². The monoisotopic (exact) mass is 400 g/mol. The molecule has 0 spiro atoms. The molecule has 2 aromatic carbocycles. The van der Waals surface area contributed by atoms with Gasteiger partial charge in [0.2, 0.25) is 0 Å². The highest BCUT2D eigenvalue weighted by Crippen LogP contribution is 2.61. The topological polar surface area (TPSA) is 55.8 Å². The number of hydrogen-bond donors (Lipinski definition) is 1. The molecule has 1 N–H and O–H groups in total. The molecular weight excluding hydrogens is 387 g/mol. The molecular formula is C19H13F5O4. The Labute approximate surface area is 155 Å². The van der Waals surface area contributed by atoms with E-state index >= 15 is 0 Å². The van der Waals surface area contributed by atoms with Gasteiger partial charge in [-0.1, -0.05) is 6.07 Å². The van der Waals surface area contributed by atoms with Crippen molar-refractivity contribution >= 4 is 5.97 Å². The zero-order chi connectivity index (χ0) is 20.2. The molecule has 2 aliphatic rings. The second-order valence-electron chi connectivity index (χ2n) is 6.76. The summed E-state index contributed by atoms with van der Waals surface area (Å²) in [5, 5.41) is 9.14. The van der Waals surface area contributed by atoms with Crippen molar-refractivity contribution in [3.63, 3.8) is 0 Å². The predicted octanol–water partition coefficient (Wildman–Crippen LogP) is 5.07. The van der Waals surface area contributed by atoms with E-state index in [-0.39, 0.29) is 29.3 Å². The highest BCUT2D eigenvalue weighted by atomic mass is 19.4. The maximum absolute atomic E-state index is 12.8. The van der Waals surface area contributed by atoms with Gasteiger partial charge < -0.3 is 14.6 Å². The van der Waals surface area contributed by atoms with Crippen molar-refractivity contribution in [1.82, 2.24) is 0 Å². The summed E-state index contributed by atoms with van der Waals surface area (Å²) in [4.78, 5) is 11.1. The van der Waals surface area contributed by atoms with Gasteiger partial charge in [0.15, 0.2) is 11.5 Å². The number of carboxylic acid groups (broad SMARTS) is 1. The molecule has 0 aliphatic heterocycles. The molecule has 0 amide bonds. The van der Waals surface area contributed by atoms with Crippen LogP contribution >= 0.6 is 0 Å². The van der Waals surface area contributed by atoms with Crippen LogP contribution in [-0.4, -0.2) is 17.7 Å². The predicted molar refractivity (Wildman–Crippen MR) is 85.7 cm³/mol. The lowest BCUT2D eigenvalue weighted by Gasteiger charge is -2.15. The minimum absolute atomic E-state index is 0.0338. The first-order chi connectivity index (χ1) is 13.1. The van der Waals surface area contributed by atoms with Gasteiger partial charge in [-0.3, -0.25) is 4.79 Å². The summed E-state index contributed by atoms with van der Waals surface area (Å²) >= 11 is 0. The molecule has 148 valence electrons. The number of rotatable bonds is 5. The van der Waals surface area contributed by atoms with Crippen LogP contribution in [0.5, 0.6) is 17.2 Å². The molecule has 0 radical (unpaired) electrons. The SMILES string of the molecule is O=C(O)[C@H]1[C@@H]2Cc3cc(Oc4ccc(C(F)(F)F)cc4OC(F)F)ccc3[C@@H]21.